The van der Waals surface area contributed by atoms with Crippen LogP contribution in [0.5, 0.6) is 0 Å². The number of benzene rings is 1. The molecule has 0 saturated carbocycles. The van der Waals surface area contributed by atoms with Gasteiger partial charge in [-0.25, -0.2) is 9.97 Å². The molecule has 3 heterocycles. The fourth-order valence-corrected chi connectivity index (χ4v) is 6.63. The molecule has 3 atom stereocenters. The molecule has 2 aliphatic heterocycles. The number of aliphatic hydroxyl groups excluding tert-OH is 1. The van der Waals surface area contributed by atoms with Crippen molar-refractivity contribution in [3.05, 3.63) is 58.2 Å². The first-order valence-corrected chi connectivity index (χ1v) is 13.4. The lowest BCUT2D eigenvalue weighted by atomic mass is 9.86. The van der Waals surface area contributed by atoms with Gasteiger partial charge in [0.1, 0.15) is 6.33 Å². The minimum Gasteiger partial charge on any atom is -0.391 e. The number of aryl methyl sites for hydroxylation is 2. The van der Waals surface area contributed by atoms with E-state index in [1.807, 2.05) is 18.7 Å². The molecule has 1 aromatic heterocycles. The highest BCUT2D eigenvalue weighted by atomic mass is 19.4. The maximum atomic E-state index is 13.2. The third-order valence-electron chi connectivity index (χ3n) is 8.95. The molecular formula is C28H36F3N5O2. The van der Waals surface area contributed by atoms with E-state index in [1.165, 1.54) is 12.4 Å². The van der Waals surface area contributed by atoms with E-state index >= 15 is 0 Å². The maximum Gasteiger partial charge on any atom is 0.416 e. The average molecular weight is 532 g/mol. The Morgan fingerprint density at radius 2 is 1.74 bits per heavy atom. The van der Waals surface area contributed by atoms with Crippen molar-refractivity contribution < 1.29 is 23.1 Å². The number of fused-ring (bicyclic) bond motifs is 1. The molecule has 2 saturated heterocycles. The molecule has 5 rings (SSSR count). The number of hydrogen-bond acceptors (Lipinski definition) is 6. The van der Waals surface area contributed by atoms with Gasteiger partial charge in [-0.05, 0) is 63.8 Å². The first-order chi connectivity index (χ1) is 17.9. The lowest BCUT2D eigenvalue weighted by Gasteiger charge is -2.53. The molecule has 38 heavy (non-hydrogen) atoms. The second-order valence-corrected chi connectivity index (χ2v) is 11.4. The highest BCUT2D eigenvalue weighted by Gasteiger charge is 2.44. The van der Waals surface area contributed by atoms with Gasteiger partial charge in [-0.2, -0.15) is 13.2 Å². The number of carbonyl (C=O) groups excluding carboxylic acids is 1. The van der Waals surface area contributed by atoms with Gasteiger partial charge in [0.25, 0.3) is 5.91 Å². The number of carbonyl (C=O) groups is 1. The molecule has 0 spiro atoms. The van der Waals surface area contributed by atoms with Crippen LogP contribution in [0.4, 0.5) is 13.2 Å². The summed E-state index contributed by atoms with van der Waals surface area (Å²) >= 11 is 0. The Balaban J connectivity index is 1.24. The molecule has 1 aliphatic carbocycles. The molecule has 1 amide bonds. The first-order valence-electron chi connectivity index (χ1n) is 13.4. The standard InChI is InChI=1S/C28H36F3N5O2/c1-17-15-35(27(4)7-9-34(10-8-27)26(38)24-18(2)32-16-33-19(24)3)11-12-36(17)25-22-6-5-21(28(29,30)31)13-20(22)14-23(25)37/h5-6,13,16-17,23,25,37H,7-12,14-15H2,1-4H3. The van der Waals surface area contributed by atoms with Crippen LogP contribution in [0.2, 0.25) is 0 Å². The second kappa shape index (κ2) is 9.88. The van der Waals surface area contributed by atoms with Crippen LogP contribution in [0.3, 0.4) is 0 Å². The lowest BCUT2D eigenvalue weighted by Crippen LogP contribution is -2.62. The molecule has 1 N–H and O–H groups in total. The van der Waals surface area contributed by atoms with Gasteiger partial charge in [-0.15, -0.1) is 0 Å². The summed E-state index contributed by atoms with van der Waals surface area (Å²) in [5.74, 6) is -0.0107. The predicted octanol–water partition coefficient (Wildman–Crippen LogP) is 3.77. The summed E-state index contributed by atoms with van der Waals surface area (Å²) in [6.07, 6.45) is -1.68. The second-order valence-electron chi connectivity index (χ2n) is 11.4. The molecule has 206 valence electrons. The molecule has 3 unspecified atom stereocenters. The highest BCUT2D eigenvalue weighted by Crippen LogP contribution is 2.42. The van der Waals surface area contributed by atoms with Gasteiger partial charge >= 0.3 is 6.18 Å². The monoisotopic (exact) mass is 531 g/mol. The summed E-state index contributed by atoms with van der Waals surface area (Å²) in [5.41, 5.74) is 2.67. The van der Waals surface area contributed by atoms with E-state index in [-0.39, 0.29) is 30.0 Å². The Labute approximate surface area is 221 Å². The Morgan fingerprint density at radius 3 is 2.34 bits per heavy atom. The van der Waals surface area contributed by atoms with E-state index in [1.54, 1.807) is 6.07 Å². The van der Waals surface area contributed by atoms with Crippen molar-refractivity contribution >= 4 is 5.91 Å². The third kappa shape index (κ3) is 4.82. The maximum absolute atomic E-state index is 13.2. The molecule has 1 aromatic carbocycles. The number of hydrogen-bond donors (Lipinski definition) is 1. The number of likely N-dealkylation sites (tertiary alicyclic amines) is 1. The van der Waals surface area contributed by atoms with Crippen molar-refractivity contribution in [2.75, 3.05) is 32.7 Å². The number of alkyl halides is 3. The fourth-order valence-electron chi connectivity index (χ4n) is 6.63. The Hall–Kier alpha value is -2.56. The predicted molar refractivity (Wildman–Crippen MR) is 137 cm³/mol. The van der Waals surface area contributed by atoms with Gasteiger partial charge in [0.15, 0.2) is 0 Å². The van der Waals surface area contributed by atoms with Gasteiger partial charge in [0.05, 0.1) is 34.7 Å². The SMILES string of the molecule is Cc1ncnc(C)c1C(=O)N1CCC(C)(N2CCN(C3c4ccc(C(F)(F)F)cc4CC3O)C(C)C2)CC1. The molecule has 2 fully saturated rings. The normalized spacial score (nSPS) is 26.4. The summed E-state index contributed by atoms with van der Waals surface area (Å²) in [6, 6.07) is 3.70. The molecule has 0 bridgehead atoms. The van der Waals surface area contributed by atoms with Crippen LogP contribution in [-0.2, 0) is 12.6 Å². The van der Waals surface area contributed by atoms with E-state index in [4.69, 9.17) is 0 Å². The van der Waals surface area contributed by atoms with Crippen molar-refractivity contribution in [2.24, 2.45) is 0 Å². The minimum atomic E-state index is -4.39. The van der Waals surface area contributed by atoms with Crippen molar-refractivity contribution in [2.45, 2.75) is 76.9 Å². The van der Waals surface area contributed by atoms with E-state index in [0.717, 1.165) is 44.1 Å². The Bertz CT molecular complexity index is 1190. The molecule has 0 radical (unpaired) electrons. The van der Waals surface area contributed by atoms with Gasteiger partial charge in [-0.3, -0.25) is 14.6 Å². The third-order valence-corrected chi connectivity index (χ3v) is 8.95. The minimum absolute atomic E-state index is 0.0107. The Kier molecular flexibility index (Phi) is 7.02. The number of amides is 1. The largest absolute Gasteiger partial charge is 0.416 e. The molecule has 10 heteroatoms. The van der Waals surface area contributed by atoms with Crippen molar-refractivity contribution in [3.8, 4) is 0 Å². The number of aliphatic hydroxyl groups is 1. The van der Waals surface area contributed by atoms with Crippen LogP contribution in [-0.4, -0.2) is 86.1 Å². The zero-order valence-electron chi connectivity index (χ0n) is 22.4. The van der Waals surface area contributed by atoms with E-state index < -0.39 is 17.8 Å². The highest BCUT2D eigenvalue weighted by molar-refractivity contribution is 5.96. The number of rotatable bonds is 3. The molecule has 7 nitrogen and oxygen atoms in total. The van der Waals surface area contributed by atoms with Gasteiger partial charge < -0.3 is 10.0 Å². The number of piperazine rings is 1. The number of aromatic nitrogens is 2. The zero-order valence-corrected chi connectivity index (χ0v) is 22.4. The van der Waals surface area contributed by atoms with Crippen LogP contribution in [0.15, 0.2) is 24.5 Å². The number of halogens is 3. The van der Waals surface area contributed by atoms with E-state index in [0.29, 0.717) is 35.6 Å². The summed E-state index contributed by atoms with van der Waals surface area (Å²) in [5, 5.41) is 10.9. The molecular weight excluding hydrogens is 495 g/mol. The molecule has 2 aromatic rings. The van der Waals surface area contributed by atoms with Gasteiger partial charge in [0, 0.05) is 50.7 Å². The van der Waals surface area contributed by atoms with Crippen molar-refractivity contribution in [3.63, 3.8) is 0 Å². The summed E-state index contributed by atoms with van der Waals surface area (Å²) < 4.78 is 39.6. The first kappa shape index (κ1) is 27.0. The van der Waals surface area contributed by atoms with Gasteiger partial charge in [0.2, 0.25) is 0 Å². The molecule has 3 aliphatic rings. The van der Waals surface area contributed by atoms with E-state index in [2.05, 4.69) is 33.6 Å². The van der Waals surface area contributed by atoms with Gasteiger partial charge in [-0.1, -0.05) is 6.07 Å². The van der Waals surface area contributed by atoms with Crippen LogP contribution in [0, 0.1) is 13.8 Å². The lowest BCUT2D eigenvalue weighted by molar-refractivity contribution is -0.137. The Morgan fingerprint density at radius 1 is 1.08 bits per heavy atom. The smallest absolute Gasteiger partial charge is 0.391 e. The summed E-state index contributed by atoms with van der Waals surface area (Å²) in [4.78, 5) is 28.3. The van der Waals surface area contributed by atoms with Crippen LogP contribution >= 0.6 is 0 Å². The van der Waals surface area contributed by atoms with Crippen LogP contribution in [0.25, 0.3) is 0 Å². The number of piperidine rings is 1. The zero-order chi connectivity index (χ0) is 27.4. The van der Waals surface area contributed by atoms with Crippen LogP contribution in [0.1, 0.15) is 71.2 Å². The average Bonchev–Trinajstić information content (AvgIpc) is 3.18. The van der Waals surface area contributed by atoms with Crippen molar-refractivity contribution in [1.82, 2.24) is 24.7 Å². The number of nitrogens with zero attached hydrogens (tertiary/aromatic N) is 5. The van der Waals surface area contributed by atoms with Crippen molar-refractivity contribution in [1.29, 1.82) is 0 Å². The quantitative estimate of drug-likeness (QED) is 0.650. The summed E-state index contributed by atoms with van der Waals surface area (Å²) in [6.45, 7) is 11.7. The van der Waals surface area contributed by atoms with E-state index in [9.17, 15) is 23.1 Å². The fraction of sp³-hybridized carbons (Fsp3) is 0.607. The topological polar surface area (TPSA) is 72.8 Å². The summed E-state index contributed by atoms with van der Waals surface area (Å²) in [7, 11) is 0. The van der Waals surface area contributed by atoms with Crippen LogP contribution < -0.4 is 0 Å².